The Morgan fingerprint density at radius 2 is 1.52 bits per heavy atom. The molecular weight excluding hydrogens is 288 g/mol. The van der Waals surface area contributed by atoms with E-state index in [1.165, 1.54) is 24.8 Å². The molecule has 0 bridgehead atoms. The zero-order valence-corrected chi connectivity index (χ0v) is 16.0. The molecule has 0 aliphatic rings. The van der Waals surface area contributed by atoms with E-state index in [0.717, 1.165) is 19.3 Å². The van der Waals surface area contributed by atoms with Crippen LogP contribution < -0.4 is 0 Å². The highest BCUT2D eigenvalue weighted by atomic mass is 16.3. The van der Waals surface area contributed by atoms with Gasteiger partial charge in [0, 0.05) is 0 Å². The van der Waals surface area contributed by atoms with Gasteiger partial charge in [0.05, 0.1) is 18.8 Å². The minimum Gasteiger partial charge on any atom is -0.393 e. The summed E-state index contributed by atoms with van der Waals surface area (Å²) >= 11 is 0. The molecule has 0 rings (SSSR count). The highest BCUT2D eigenvalue weighted by molar-refractivity contribution is 4.97. The smallest absolute Gasteiger partial charge is 0.0614 e. The van der Waals surface area contributed by atoms with Gasteiger partial charge in [-0.3, -0.25) is 0 Å². The van der Waals surface area contributed by atoms with Crippen LogP contribution in [0.5, 0.6) is 0 Å². The van der Waals surface area contributed by atoms with Crippen molar-refractivity contribution in [2.45, 2.75) is 91.8 Å². The summed E-state index contributed by atoms with van der Waals surface area (Å²) in [5.41, 5.74) is 1.28. The van der Waals surface area contributed by atoms with Crippen molar-refractivity contribution in [3.63, 3.8) is 0 Å². The lowest BCUT2D eigenvalue weighted by molar-refractivity contribution is 0.0260. The van der Waals surface area contributed by atoms with Crippen LogP contribution in [-0.2, 0) is 0 Å². The van der Waals surface area contributed by atoms with Gasteiger partial charge in [-0.05, 0) is 50.4 Å². The van der Waals surface area contributed by atoms with Gasteiger partial charge in [-0.2, -0.15) is 0 Å². The fraction of sp³-hybridized carbons (Fsp3) is 0.900. The average Bonchev–Trinajstić information content (AvgIpc) is 2.47. The topological polar surface area (TPSA) is 60.7 Å². The van der Waals surface area contributed by atoms with E-state index >= 15 is 0 Å². The van der Waals surface area contributed by atoms with Crippen LogP contribution in [0, 0.1) is 17.8 Å². The summed E-state index contributed by atoms with van der Waals surface area (Å²) in [5.74, 6) is 1.17. The summed E-state index contributed by atoms with van der Waals surface area (Å²) in [5, 5.41) is 28.9. The van der Waals surface area contributed by atoms with Crippen LogP contribution in [0.1, 0.15) is 79.6 Å². The van der Waals surface area contributed by atoms with Crippen molar-refractivity contribution in [3.8, 4) is 0 Å². The molecule has 0 aliphatic heterocycles. The fourth-order valence-corrected chi connectivity index (χ4v) is 2.86. The second kappa shape index (κ2) is 13.0. The van der Waals surface area contributed by atoms with Crippen molar-refractivity contribution in [2.24, 2.45) is 17.8 Å². The maximum atomic E-state index is 10.2. The molecule has 0 aromatic rings. The quantitative estimate of drug-likeness (QED) is 0.442. The molecule has 3 N–H and O–H groups in total. The lowest BCUT2D eigenvalue weighted by Crippen LogP contribution is -2.27. The summed E-state index contributed by atoms with van der Waals surface area (Å²) < 4.78 is 0. The molecule has 0 aromatic carbocycles. The van der Waals surface area contributed by atoms with E-state index in [0.29, 0.717) is 12.3 Å². The first kappa shape index (κ1) is 22.6. The van der Waals surface area contributed by atoms with E-state index in [2.05, 4.69) is 20.8 Å². The monoisotopic (exact) mass is 328 g/mol. The maximum Gasteiger partial charge on any atom is 0.0614 e. The van der Waals surface area contributed by atoms with Gasteiger partial charge in [-0.25, -0.2) is 0 Å². The molecule has 0 radical (unpaired) electrons. The summed E-state index contributed by atoms with van der Waals surface area (Å²) in [6.07, 6.45) is 8.43. The van der Waals surface area contributed by atoms with Gasteiger partial charge >= 0.3 is 0 Å². The Balaban J connectivity index is 3.81. The number of aliphatic hydroxyl groups is 3. The normalized spacial score (nSPS) is 18.0. The minimum atomic E-state index is -0.401. The van der Waals surface area contributed by atoms with E-state index in [4.69, 9.17) is 5.11 Å². The van der Waals surface area contributed by atoms with Crippen molar-refractivity contribution < 1.29 is 15.3 Å². The molecule has 3 heteroatoms. The number of rotatable bonds is 13. The van der Waals surface area contributed by atoms with Gasteiger partial charge in [0.25, 0.3) is 0 Å². The lowest BCUT2D eigenvalue weighted by atomic mass is 9.89. The number of hydrogen-bond donors (Lipinski definition) is 3. The molecule has 138 valence electrons. The number of aliphatic hydroxyl groups excluding tert-OH is 3. The van der Waals surface area contributed by atoms with Gasteiger partial charge in [-0.1, -0.05) is 58.6 Å². The standard InChI is InChI=1S/C20H40O3/c1-15(2)19(22)14-20(23)18(5)11-7-10-16(3)8-6-9-17(4)12-13-21/h12,15-16,18-23H,6-11,13-14H2,1-5H3/b17-12+/t16-,18-,19+,20-/m0/s1. The molecule has 0 spiro atoms. The van der Waals surface area contributed by atoms with E-state index < -0.39 is 12.2 Å². The van der Waals surface area contributed by atoms with Crippen molar-refractivity contribution in [1.82, 2.24) is 0 Å². The highest BCUT2D eigenvalue weighted by Gasteiger charge is 2.20. The summed E-state index contributed by atoms with van der Waals surface area (Å²) in [6, 6.07) is 0. The Morgan fingerprint density at radius 1 is 0.913 bits per heavy atom. The molecule has 0 aliphatic carbocycles. The minimum absolute atomic E-state index is 0.146. The molecule has 0 fully saturated rings. The van der Waals surface area contributed by atoms with E-state index in [1.807, 2.05) is 19.9 Å². The second-order valence-corrected chi connectivity index (χ2v) is 7.75. The van der Waals surface area contributed by atoms with E-state index in [-0.39, 0.29) is 18.4 Å². The Morgan fingerprint density at radius 3 is 2.09 bits per heavy atom. The predicted molar refractivity (Wildman–Crippen MR) is 98.3 cm³/mol. The second-order valence-electron chi connectivity index (χ2n) is 7.75. The van der Waals surface area contributed by atoms with Crippen molar-refractivity contribution in [3.05, 3.63) is 11.6 Å². The first-order chi connectivity index (χ1) is 10.8. The largest absolute Gasteiger partial charge is 0.393 e. The molecule has 0 heterocycles. The summed E-state index contributed by atoms with van der Waals surface area (Å²) in [6.45, 7) is 10.6. The van der Waals surface area contributed by atoms with Crippen LogP contribution in [-0.4, -0.2) is 34.1 Å². The van der Waals surface area contributed by atoms with E-state index in [9.17, 15) is 10.2 Å². The van der Waals surface area contributed by atoms with Crippen molar-refractivity contribution in [2.75, 3.05) is 6.61 Å². The van der Waals surface area contributed by atoms with Crippen LogP contribution in [0.3, 0.4) is 0 Å². The molecule has 0 saturated heterocycles. The third-order valence-electron chi connectivity index (χ3n) is 4.97. The van der Waals surface area contributed by atoms with Gasteiger partial charge in [0.15, 0.2) is 0 Å². The highest BCUT2D eigenvalue weighted by Crippen LogP contribution is 2.22. The molecular formula is C20H40O3. The molecule has 3 nitrogen and oxygen atoms in total. The van der Waals surface area contributed by atoms with E-state index in [1.54, 1.807) is 0 Å². The Labute approximate surface area is 143 Å². The third-order valence-corrected chi connectivity index (χ3v) is 4.97. The third kappa shape index (κ3) is 11.7. The maximum absolute atomic E-state index is 10.2. The molecule has 0 saturated carbocycles. The summed E-state index contributed by atoms with van der Waals surface area (Å²) in [7, 11) is 0. The molecule has 4 atom stereocenters. The van der Waals surface area contributed by atoms with Crippen LogP contribution in [0.25, 0.3) is 0 Å². The van der Waals surface area contributed by atoms with Gasteiger partial charge in [-0.15, -0.1) is 0 Å². The fourth-order valence-electron chi connectivity index (χ4n) is 2.86. The van der Waals surface area contributed by atoms with Gasteiger partial charge in [0.2, 0.25) is 0 Å². The molecule has 0 unspecified atom stereocenters. The van der Waals surface area contributed by atoms with Crippen LogP contribution in [0.2, 0.25) is 0 Å². The number of hydrogen-bond acceptors (Lipinski definition) is 3. The Hall–Kier alpha value is -0.380. The van der Waals surface area contributed by atoms with Crippen LogP contribution >= 0.6 is 0 Å². The van der Waals surface area contributed by atoms with Gasteiger partial charge < -0.3 is 15.3 Å². The summed E-state index contributed by atoms with van der Waals surface area (Å²) in [4.78, 5) is 0. The van der Waals surface area contributed by atoms with Crippen LogP contribution in [0.15, 0.2) is 11.6 Å². The lowest BCUT2D eigenvalue weighted by Gasteiger charge is -2.23. The first-order valence-corrected chi connectivity index (χ1v) is 9.40. The SMILES string of the molecule is C/C(=C\CO)CCC[C@H](C)CCC[C@H](C)[C@@H](O)C[C@@H](O)C(C)C. The Kier molecular flexibility index (Phi) is 12.8. The molecule has 0 aromatic heterocycles. The Bertz CT molecular complexity index is 312. The van der Waals surface area contributed by atoms with Gasteiger partial charge in [0.1, 0.15) is 0 Å². The zero-order valence-electron chi connectivity index (χ0n) is 16.0. The molecule has 0 amide bonds. The zero-order chi connectivity index (χ0) is 17.8. The van der Waals surface area contributed by atoms with Crippen LogP contribution in [0.4, 0.5) is 0 Å². The predicted octanol–water partition coefficient (Wildman–Crippen LogP) is 4.31. The van der Waals surface area contributed by atoms with Crippen molar-refractivity contribution in [1.29, 1.82) is 0 Å². The molecule has 23 heavy (non-hydrogen) atoms. The number of allylic oxidation sites excluding steroid dienone is 1. The van der Waals surface area contributed by atoms with Crippen molar-refractivity contribution >= 4 is 0 Å². The average molecular weight is 329 g/mol. The first-order valence-electron chi connectivity index (χ1n) is 9.40.